The largest absolute Gasteiger partial charge is 0.360 e. The van der Waals surface area contributed by atoms with E-state index in [1.165, 1.54) is 0 Å². The molecule has 0 atom stereocenters. The van der Waals surface area contributed by atoms with Gasteiger partial charge in [-0.15, -0.1) is 0 Å². The predicted octanol–water partition coefficient (Wildman–Crippen LogP) is 4.73. The second-order valence-corrected chi connectivity index (χ2v) is 6.15. The minimum absolute atomic E-state index is 0.185. The number of carbonyl (C=O) groups excluding carboxylic acids is 1. The van der Waals surface area contributed by atoms with Crippen molar-refractivity contribution >= 4 is 16.7 Å². The molecule has 0 aliphatic heterocycles. The molecule has 0 aliphatic rings. The van der Waals surface area contributed by atoms with Gasteiger partial charge in [-0.25, -0.2) is 0 Å². The molecule has 128 valence electrons. The van der Waals surface area contributed by atoms with Gasteiger partial charge in [-0.2, -0.15) is 0 Å². The fourth-order valence-electron chi connectivity index (χ4n) is 3.14. The van der Waals surface area contributed by atoms with Gasteiger partial charge >= 0.3 is 0 Å². The van der Waals surface area contributed by atoms with Gasteiger partial charge < -0.3 is 9.84 Å². The van der Waals surface area contributed by atoms with Crippen molar-refractivity contribution in [3.8, 4) is 11.3 Å². The Bertz CT molecular complexity index is 1060. The summed E-state index contributed by atoms with van der Waals surface area (Å²) in [5.41, 5.74) is 2.99. The average molecular weight is 342 g/mol. The second-order valence-electron chi connectivity index (χ2n) is 6.15. The maximum absolute atomic E-state index is 12.8. The molecule has 1 amide bonds. The van der Waals surface area contributed by atoms with Gasteiger partial charge in [0.2, 0.25) is 0 Å². The number of hydrogen-bond acceptors (Lipinski definition) is 3. The van der Waals surface area contributed by atoms with Crippen LogP contribution in [0.25, 0.3) is 22.0 Å². The van der Waals surface area contributed by atoms with E-state index >= 15 is 0 Å². The number of fused-ring (bicyclic) bond motifs is 1. The molecule has 4 nitrogen and oxygen atoms in total. The number of hydrogen-bond donors (Lipinski definition) is 1. The quantitative estimate of drug-likeness (QED) is 0.583. The third-order valence-electron chi connectivity index (χ3n) is 4.46. The summed E-state index contributed by atoms with van der Waals surface area (Å²) in [5, 5.41) is 9.38. The number of nitrogens with zero attached hydrogens (tertiary/aromatic N) is 1. The summed E-state index contributed by atoms with van der Waals surface area (Å²) in [6.45, 7) is 2.20. The number of amides is 1. The number of aryl methyl sites for hydroxylation is 1. The van der Waals surface area contributed by atoms with Gasteiger partial charge in [-0.3, -0.25) is 4.79 Å². The van der Waals surface area contributed by atoms with E-state index in [-0.39, 0.29) is 5.91 Å². The van der Waals surface area contributed by atoms with Gasteiger partial charge in [-0.05, 0) is 23.3 Å². The highest BCUT2D eigenvalue weighted by atomic mass is 16.5. The van der Waals surface area contributed by atoms with E-state index in [4.69, 9.17) is 4.52 Å². The van der Waals surface area contributed by atoms with Crippen LogP contribution >= 0.6 is 0 Å². The number of rotatable bonds is 4. The first kappa shape index (κ1) is 16.1. The van der Waals surface area contributed by atoms with Crippen molar-refractivity contribution in [1.29, 1.82) is 0 Å². The minimum Gasteiger partial charge on any atom is -0.360 e. The summed E-state index contributed by atoms with van der Waals surface area (Å²) in [4.78, 5) is 12.8. The maximum atomic E-state index is 12.8. The van der Waals surface area contributed by atoms with E-state index in [0.29, 0.717) is 23.6 Å². The molecular weight excluding hydrogens is 324 g/mol. The summed E-state index contributed by atoms with van der Waals surface area (Å²) in [5.74, 6) is 0.329. The van der Waals surface area contributed by atoms with Gasteiger partial charge in [-0.1, -0.05) is 78.0 Å². The topological polar surface area (TPSA) is 55.1 Å². The summed E-state index contributed by atoms with van der Waals surface area (Å²) < 4.78 is 5.28. The van der Waals surface area contributed by atoms with Crippen LogP contribution in [0.15, 0.2) is 77.3 Å². The second kappa shape index (κ2) is 6.84. The summed E-state index contributed by atoms with van der Waals surface area (Å²) in [7, 11) is 0. The van der Waals surface area contributed by atoms with Crippen LogP contribution in [0.3, 0.4) is 0 Å². The Labute approximate surface area is 151 Å². The Hall–Kier alpha value is -3.40. The van der Waals surface area contributed by atoms with Crippen LogP contribution < -0.4 is 5.32 Å². The Morgan fingerprint density at radius 1 is 0.962 bits per heavy atom. The van der Waals surface area contributed by atoms with Crippen LogP contribution in [0.1, 0.15) is 21.7 Å². The third kappa shape index (κ3) is 2.97. The molecule has 1 heterocycles. The molecule has 0 bridgehead atoms. The fourth-order valence-corrected chi connectivity index (χ4v) is 3.14. The lowest BCUT2D eigenvalue weighted by atomic mass is 10.0. The Morgan fingerprint density at radius 3 is 2.54 bits per heavy atom. The SMILES string of the molecule is Cc1onc(-c2ccccc2)c1C(=O)NCc1cccc2ccccc12. The molecule has 3 aromatic carbocycles. The van der Waals surface area contributed by atoms with Gasteiger partial charge in [0.25, 0.3) is 5.91 Å². The zero-order chi connectivity index (χ0) is 17.9. The molecule has 0 spiro atoms. The number of nitrogens with one attached hydrogen (secondary N) is 1. The van der Waals surface area contributed by atoms with E-state index in [1.54, 1.807) is 6.92 Å². The Kier molecular flexibility index (Phi) is 4.23. The standard InChI is InChI=1S/C22H18N2O2/c1-15-20(21(24-26-15)17-9-3-2-4-10-17)22(25)23-14-18-12-7-11-16-8-5-6-13-19(16)18/h2-13H,14H2,1H3,(H,23,25). The molecule has 1 aromatic heterocycles. The average Bonchev–Trinajstić information content (AvgIpc) is 3.08. The number of aromatic nitrogens is 1. The lowest BCUT2D eigenvalue weighted by Gasteiger charge is -2.09. The number of carbonyl (C=O) groups is 1. The molecule has 4 aromatic rings. The van der Waals surface area contributed by atoms with Crippen molar-refractivity contribution in [2.75, 3.05) is 0 Å². The van der Waals surface area contributed by atoms with Crippen molar-refractivity contribution in [1.82, 2.24) is 10.5 Å². The smallest absolute Gasteiger partial charge is 0.257 e. The molecule has 26 heavy (non-hydrogen) atoms. The van der Waals surface area contributed by atoms with Crippen LogP contribution in [-0.2, 0) is 6.54 Å². The molecule has 0 saturated carbocycles. The molecule has 0 radical (unpaired) electrons. The van der Waals surface area contributed by atoms with E-state index < -0.39 is 0 Å². The molecule has 0 aliphatic carbocycles. The highest BCUT2D eigenvalue weighted by Crippen LogP contribution is 2.25. The third-order valence-corrected chi connectivity index (χ3v) is 4.46. The monoisotopic (exact) mass is 342 g/mol. The first-order chi connectivity index (χ1) is 12.7. The van der Waals surface area contributed by atoms with E-state index in [2.05, 4.69) is 28.7 Å². The lowest BCUT2D eigenvalue weighted by molar-refractivity contribution is 0.0950. The van der Waals surface area contributed by atoms with Crippen LogP contribution in [0.4, 0.5) is 0 Å². The van der Waals surface area contributed by atoms with Crippen molar-refractivity contribution in [3.05, 3.63) is 89.7 Å². The van der Waals surface area contributed by atoms with E-state index in [0.717, 1.165) is 21.9 Å². The molecule has 4 rings (SSSR count). The van der Waals surface area contributed by atoms with Crippen molar-refractivity contribution < 1.29 is 9.32 Å². The Balaban J connectivity index is 1.61. The molecular formula is C22H18N2O2. The highest BCUT2D eigenvalue weighted by molar-refractivity contribution is 6.01. The Morgan fingerprint density at radius 2 is 1.69 bits per heavy atom. The summed E-state index contributed by atoms with van der Waals surface area (Å²) in [6.07, 6.45) is 0. The van der Waals surface area contributed by atoms with Gasteiger partial charge in [0, 0.05) is 12.1 Å². The van der Waals surface area contributed by atoms with Crippen molar-refractivity contribution in [3.63, 3.8) is 0 Å². The first-order valence-corrected chi connectivity index (χ1v) is 8.50. The molecule has 0 saturated heterocycles. The van der Waals surface area contributed by atoms with Crippen molar-refractivity contribution in [2.45, 2.75) is 13.5 Å². The molecule has 0 unspecified atom stereocenters. The highest BCUT2D eigenvalue weighted by Gasteiger charge is 2.21. The van der Waals surface area contributed by atoms with E-state index in [1.807, 2.05) is 54.6 Å². The zero-order valence-electron chi connectivity index (χ0n) is 14.4. The van der Waals surface area contributed by atoms with Crippen LogP contribution in [0, 0.1) is 6.92 Å². The zero-order valence-corrected chi connectivity index (χ0v) is 14.4. The first-order valence-electron chi connectivity index (χ1n) is 8.50. The van der Waals surface area contributed by atoms with Crippen molar-refractivity contribution in [2.24, 2.45) is 0 Å². The normalized spacial score (nSPS) is 10.8. The summed E-state index contributed by atoms with van der Waals surface area (Å²) >= 11 is 0. The van der Waals surface area contributed by atoms with Crippen LogP contribution in [0.2, 0.25) is 0 Å². The molecule has 4 heteroatoms. The summed E-state index contributed by atoms with van der Waals surface area (Å²) in [6, 6.07) is 23.8. The van der Waals surface area contributed by atoms with Crippen LogP contribution in [-0.4, -0.2) is 11.1 Å². The van der Waals surface area contributed by atoms with Crippen LogP contribution in [0.5, 0.6) is 0 Å². The van der Waals surface area contributed by atoms with Gasteiger partial charge in [0.1, 0.15) is 17.0 Å². The van der Waals surface area contributed by atoms with Gasteiger partial charge in [0.05, 0.1) is 0 Å². The predicted molar refractivity (Wildman–Crippen MR) is 102 cm³/mol. The molecule has 0 fully saturated rings. The van der Waals surface area contributed by atoms with E-state index in [9.17, 15) is 4.79 Å². The fraction of sp³-hybridized carbons (Fsp3) is 0.0909. The minimum atomic E-state index is -0.185. The van der Waals surface area contributed by atoms with Gasteiger partial charge in [0.15, 0.2) is 0 Å². The maximum Gasteiger partial charge on any atom is 0.257 e. The molecule has 1 N–H and O–H groups in total. The lowest BCUT2D eigenvalue weighted by Crippen LogP contribution is -2.23. The number of benzene rings is 3.